The van der Waals surface area contributed by atoms with Gasteiger partial charge in [-0.05, 0) is 22.2 Å². The lowest BCUT2D eigenvalue weighted by Crippen LogP contribution is -1.90. The van der Waals surface area contributed by atoms with Gasteiger partial charge in [0.05, 0.1) is 10.2 Å². The normalized spacial score (nSPS) is 10.3. The van der Waals surface area contributed by atoms with Crippen LogP contribution >= 0.6 is 27.7 Å². The Labute approximate surface area is 101 Å². The second-order valence-electron chi connectivity index (χ2n) is 2.92. The maximum atomic E-state index is 4.47. The molecule has 0 aliphatic heterocycles. The van der Waals surface area contributed by atoms with Crippen LogP contribution in [0, 0.1) is 0 Å². The molecule has 1 aromatic carbocycles. The predicted octanol–water partition coefficient (Wildman–Crippen LogP) is 3.63. The first-order chi connectivity index (χ1) is 7.31. The van der Waals surface area contributed by atoms with E-state index in [-0.39, 0.29) is 0 Å². The molecule has 0 radical (unpaired) electrons. The van der Waals surface area contributed by atoms with Crippen LogP contribution in [0.25, 0.3) is 11.3 Å². The molecule has 1 heterocycles. The molecule has 4 heteroatoms. The van der Waals surface area contributed by atoms with Crippen molar-refractivity contribution >= 4 is 27.7 Å². The monoisotopic (exact) mass is 280 g/mol. The summed E-state index contributed by atoms with van der Waals surface area (Å²) in [5.74, 6) is 0. The molecule has 0 N–H and O–H groups in total. The van der Waals surface area contributed by atoms with E-state index in [9.17, 15) is 0 Å². The van der Waals surface area contributed by atoms with E-state index in [0.29, 0.717) is 0 Å². The van der Waals surface area contributed by atoms with E-state index in [4.69, 9.17) is 0 Å². The average molecular weight is 281 g/mol. The van der Waals surface area contributed by atoms with Gasteiger partial charge in [-0.3, -0.25) is 0 Å². The molecule has 0 aliphatic carbocycles. The Balaban J connectivity index is 2.52. The maximum Gasteiger partial charge on any atom is 0.187 e. The summed E-state index contributed by atoms with van der Waals surface area (Å²) in [5.41, 5.74) is 2.04. The molecular weight excluding hydrogens is 272 g/mol. The van der Waals surface area contributed by atoms with Gasteiger partial charge < -0.3 is 0 Å². The van der Waals surface area contributed by atoms with Gasteiger partial charge in [0.2, 0.25) is 0 Å². The molecule has 2 aromatic rings. The molecule has 1 aromatic heterocycles. The van der Waals surface area contributed by atoms with Crippen molar-refractivity contribution in [2.24, 2.45) is 0 Å². The molecule has 0 spiro atoms. The van der Waals surface area contributed by atoms with Crippen LogP contribution in [0.1, 0.15) is 0 Å². The van der Waals surface area contributed by atoms with Gasteiger partial charge in [-0.15, -0.1) is 0 Å². The van der Waals surface area contributed by atoms with Crippen molar-refractivity contribution in [2.45, 2.75) is 5.16 Å². The van der Waals surface area contributed by atoms with Gasteiger partial charge in [-0.25, -0.2) is 9.97 Å². The minimum Gasteiger partial charge on any atom is -0.230 e. The molecule has 0 amide bonds. The molecule has 0 bridgehead atoms. The summed E-state index contributed by atoms with van der Waals surface area (Å²) in [7, 11) is 0. The summed E-state index contributed by atoms with van der Waals surface area (Å²) in [5, 5.41) is 0.789. The van der Waals surface area contributed by atoms with E-state index in [0.717, 1.165) is 20.9 Å². The number of benzene rings is 1. The van der Waals surface area contributed by atoms with Gasteiger partial charge in [-0.1, -0.05) is 42.1 Å². The van der Waals surface area contributed by atoms with Crippen molar-refractivity contribution in [3.63, 3.8) is 0 Å². The fraction of sp³-hybridized carbons (Fsp3) is 0.0909. The highest BCUT2D eigenvalue weighted by Gasteiger charge is 2.06. The maximum absolute atomic E-state index is 4.47. The van der Waals surface area contributed by atoms with E-state index < -0.39 is 0 Å². The molecule has 76 valence electrons. The summed E-state index contributed by atoms with van der Waals surface area (Å²) < 4.78 is 0.923. The third-order valence-electron chi connectivity index (χ3n) is 1.95. The molecule has 2 nitrogen and oxygen atoms in total. The topological polar surface area (TPSA) is 25.8 Å². The van der Waals surface area contributed by atoms with Crippen molar-refractivity contribution in [3.8, 4) is 11.3 Å². The van der Waals surface area contributed by atoms with E-state index in [1.807, 2.05) is 36.6 Å². The number of rotatable bonds is 2. The van der Waals surface area contributed by atoms with Gasteiger partial charge in [0.15, 0.2) is 5.16 Å². The summed E-state index contributed by atoms with van der Waals surface area (Å²) in [4.78, 5) is 8.65. The lowest BCUT2D eigenvalue weighted by atomic mass is 10.1. The first-order valence-corrected chi connectivity index (χ1v) is 6.45. The summed E-state index contributed by atoms with van der Waals surface area (Å²) in [6.45, 7) is 0. The Morgan fingerprint density at radius 2 is 1.93 bits per heavy atom. The minimum atomic E-state index is 0.789. The number of halogens is 1. The number of hydrogen-bond donors (Lipinski definition) is 0. The van der Waals surface area contributed by atoms with Crippen molar-refractivity contribution < 1.29 is 0 Å². The molecule has 0 saturated carbocycles. The Morgan fingerprint density at radius 1 is 1.20 bits per heavy atom. The standard InChI is InChI=1S/C11H9BrN2S/c1-15-11-13-7-9(12)10(14-11)8-5-3-2-4-6-8/h2-7H,1H3. The molecule has 0 fully saturated rings. The van der Waals surface area contributed by atoms with E-state index in [1.165, 1.54) is 0 Å². The lowest BCUT2D eigenvalue weighted by Gasteiger charge is -2.04. The van der Waals surface area contributed by atoms with Crippen molar-refractivity contribution in [2.75, 3.05) is 6.26 Å². The zero-order valence-electron chi connectivity index (χ0n) is 8.14. The van der Waals surface area contributed by atoms with Crippen LogP contribution < -0.4 is 0 Å². The SMILES string of the molecule is CSc1ncc(Br)c(-c2ccccc2)n1. The Bertz CT molecular complexity index is 459. The number of nitrogens with zero attached hydrogens (tertiary/aromatic N) is 2. The van der Waals surface area contributed by atoms with Crippen LogP contribution in [-0.2, 0) is 0 Å². The molecular formula is C11H9BrN2S. The fourth-order valence-corrected chi connectivity index (χ4v) is 2.01. The summed E-state index contributed by atoms with van der Waals surface area (Å²) in [6.07, 6.45) is 3.76. The van der Waals surface area contributed by atoms with Crippen LogP contribution in [0.4, 0.5) is 0 Å². The first kappa shape index (κ1) is 10.6. The number of hydrogen-bond acceptors (Lipinski definition) is 3. The second kappa shape index (κ2) is 4.77. The molecule has 0 saturated heterocycles. The zero-order chi connectivity index (χ0) is 10.7. The smallest absolute Gasteiger partial charge is 0.187 e. The molecule has 2 rings (SSSR count). The van der Waals surface area contributed by atoms with E-state index >= 15 is 0 Å². The second-order valence-corrected chi connectivity index (χ2v) is 4.55. The quantitative estimate of drug-likeness (QED) is 0.621. The summed E-state index contributed by atoms with van der Waals surface area (Å²) in [6, 6.07) is 10.1. The van der Waals surface area contributed by atoms with Gasteiger partial charge in [0, 0.05) is 11.8 Å². The Hall–Kier alpha value is -0.870. The van der Waals surface area contributed by atoms with Crippen molar-refractivity contribution in [1.82, 2.24) is 9.97 Å². The summed E-state index contributed by atoms with van der Waals surface area (Å²) >= 11 is 5.01. The number of thioether (sulfide) groups is 1. The molecule has 0 unspecified atom stereocenters. The highest BCUT2D eigenvalue weighted by molar-refractivity contribution is 9.10. The van der Waals surface area contributed by atoms with Crippen LogP contribution in [0.15, 0.2) is 46.2 Å². The molecule has 0 atom stereocenters. The van der Waals surface area contributed by atoms with Crippen LogP contribution in [0.3, 0.4) is 0 Å². The van der Waals surface area contributed by atoms with Gasteiger partial charge in [0.1, 0.15) is 0 Å². The average Bonchev–Trinajstić information content (AvgIpc) is 2.31. The van der Waals surface area contributed by atoms with Crippen LogP contribution in [-0.4, -0.2) is 16.2 Å². The van der Waals surface area contributed by atoms with E-state index in [1.54, 1.807) is 18.0 Å². The Kier molecular flexibility index (Phi) is 3.38. The van der Waals surface area contributed by atoms with Gasteiger partial charge in [-0.2, -0.15) is 0 Å². The third kappa shape index (κ3) is 2.38. The minimum absolute atomic E-state index is 0.789. The third-order valence-corrected chi connectivity index (χ3v) is 3.09. The first-order valence-electron chi connectivity index (χ1n) is 4.43. The zero-order valence-corrected chi connectivity index (χ0v) is 10.5. The highest BCUT2D eigenvalue weighted by atomic mass is 79.9. The largest absolute Gasteiger partial charge is 0.230 e. The highest BCUT2D eigenvalue weighted by Crippen LogP contribution is 2.26. The number of aromatic nitrogens is 2. The molecule has 15 heavy (non-hydrogen) atoms. The van der Waals surface area contributed by atoms with Crippen molar-refractivity contribution in [1.29, 1.82) is 0 Å². The predicted molar refractivity (Wildman–Crippen MR) is 66.9 cm³/mol. The van der Waals surface area contributed by atoms with Crippen LogP contribution in [0.5, 0.6) is 0 Å². The Morgan fingerprint density at radius 3 is 2.60 bits per heavy atom. The van der Waals surface area contributed by atoms with Crippen molar-refractivity contribution in [3.05, 3.63) is 41.0 Å². The molecule has 0 aliphatic rings. The van der Waals surface area contributed by atoms with Gasteiger partial charge >= 0.3 is 0 Å². The fourth-order valence-electron chi connectivity index (χ4n) is 1.25. The van der Waals surface area contributed by atoms with E-state index in [2.05, 4.69) is 25.9 Å². The van der Waals surface area contributed by atoms with Gasteiger partial charge in [0.25, 0.3) is 0 Å². The lowest BCUT2D eigenvalue weighted by molar-refractivity contribution is 0.968. The van der Waals surface area contributed by atoms with Crippen LogP contribution in [0.2, 0.25) is 0 Å².